The molecule has 3 saturated carbocycles. The van der Waals surface area contributed by atoms with E-state index in [9.17, 15) is 0 Å². The van der Waals surface area contributed by atoms with Crippen LogP contribution in [0.15, 0.2) is 13.2 Å². The van der Waals surface area contributed by atoms with Gasteiger partial charge < -0.3 is 0 Å². The lowest BCUT2D eigenvalue weighted by atomic mass is 9.60. The molecule has 0 bridgehead atoms. The van der Waals surface area contributed by atoms with Crippen molar-refractivity contribution in [1.29, 1.82) is 0 Å². The van der Waals surface area contributed by atoms with Crippen molar-refractivity contribution in [3.8, 4) is 0 Å². The van der Waals surface area contributed by atoms with Gasteiger partial charge in [0.2, 0.25) is 0 Å². The van der Waals surface area contributed by atoms with E-state index in [2.05, 4.69) is 20.1 Å². The minimum atomic E-state index is 0.900. The van der Waals surface area contributed by atoms with Crippen LogP contribution in [0.5, 0.6) is 0 Å². The molecule has 0 heterocycles. The molecule has 3 rings (SSSR count). The first-order valence-corrected chi connectivity index (χ1v) is 6.82. The molecule has 0 aromatic carbocycles. The fourth-order valence-corrected chi connectivity index (χ4v) is 4.39. The summed E-state index contributed by atoms with van der Waals surface area (Å²) in [7, 11) is 0. The lowest BCUT2D eigenvalue weighted by Crippen LogP contribution is -2.36. The van der Waals surface area contributed by atoms with E-state index in [-0.39, 0.29) is 0 Å². The van der Waals surface area contributed by atoms with Crippen LogP contribution in [-0.2, 0) is 0 Å². The zero-order chi connectivity index (χ0) is 10.9. The minimum absolute atomic E-state index is 0.900. The zero-order valence-electron chi connectivity index (χ0n) is 10.3. The van der Waals surface area contributed by atoms with Crippen LogP contribution >= 0.6 is 0 Å². The molecule has 0 N–H and O–H groups in total. The fourth-order valence-electron chi connectivity index (χ4n) is 4.39. The minimum Gasteiger partial charge on any atom is -0.106 e. The maximum Gasteiger partial charge on any atom is -0.0266 e. The van der Waals surface area contributed by atoms with Crippen LogP contribution in [0.25, 0.3) is 0 Å². The zero-order valence-corrected chi connectivity index (χ0v) is 10.3. The molecule has 0 aromatic heterocycles. The quantitative estimate of drug-likeness (QED) is 0.499. The van der Waals surface area contributed by atoms with Gasteiger partial charge in [-0.25, -0.2) is 0 Å². The topological polar surface area (TPSA) is 0 Å². The van der Waals surface area contributed by atoms with E-state index < -0.39 is 0 Å². The first-order chi connectivity index (χ1) is 7.32. The second-order valence-electron chi connectivity index (χ2n) is 5.93. The third-order valence-corrected chi connectivity index (χ3v) is 5.31. The molecule has 1 spiro atoms. The molecular weight excluding hydrogens is 180 g/mol. The molecule has 3 fully saturated rings. The van der Waals surface area contributed by atoms with Gasteiger partial charge in [0.15, 0.2) is 0 Å². The summed E-state index contributed by atoms with van der Waals surface area (Å²) >= 11 is 0. The van der Waals surface area contributed by atoms with E-state index in [1.54, 1.807) is 38.5 Å². The van der Waals surface area contributed by atoms with Gasteiger partial charge in [0.25, 0.3) is 0 Å². The standard InChI is InChI=1S/C13H22.C2H4/c1-10-4-2-6-12-11(10)5-3-7-13(12)8-9-13;1-2/h10-12H,2-9H2,1H3;1-2H2. The Morgan fingerprint density at radius 3 is 2.33 bits per heavy atom. The van der Waals surface area contributed by atoms with E-state index in [0.29, 0.717) is 0 Å². The van der Waals surface area contributed by atoms with Gasteiger partial charge in [-0.3, -0.25) is 0 Å². The lowest BCUT2D eigenvalue weighted by Gasteiger charge is -2.45. The molecule has 0 nitrogen and oxygen atoms in total. The first-order valence-electron chi connectivity index (χ1n) is 6.82. The van der Waals surface area contributed by atoms with Crippen LogP contribution in [0.1, 0.15) is 58.3 Å². The molecule has 0 amide bonds. The van der Waals surface area contributed by atoms with E-state index in [1.807, 2.05) is 0 Å². The van der Waals surface area contributed by atoms with Crippen LogP contribution in [-0.4, -0.2) is 0 Å². The molecule has 3 aliphatic rings. The first kappa shape index (κ1) is 11.2. The van der Waals surface area contributed by atoms with E-state index >= 15 is 0 Å². The number of rotatable bonds is 0. The summed E-state index contributed by atoms with van der Waals surface area (Å²) in [6.07, 6.45) is 12.5. The van der Waals surface area contributed by atoms with Crippen molar-refractivity contribution in [2.24, 2.45) is 23.2 Å². The predicted molar refractivity (Wildman–Crippen MR) is 66.8 cm³/mol. The molecule has 0 aliphatic heterocycles. The van der Waals surface area contributed by atoms with Crippen LogP contribution < -0.4 is 0 Å². The fraction of sp³-hybridized carbons (Fsp3) is 0.867. The third kappa shape index (κ3) is 1.88. The van der Waals surface area contributed by atoms with Gasteiger partial charge in [0.1, 0.15) is 0 Å². The van der Waals surface area contributed by atoms with Crippen molar-refractivity contribution in [2.75, 3.05) is 0 Å². The normalized spacial score (nSPS) is 41.3. The van der Waals surface area contributed by atoms with E-state index in [1.165, 1.54) is 12.8 Å². The summed E-state index contributed by atoms with van der Waals surface area (Å²) in [6.45, 7) is 8.51. The average molecular weight is 206 g/mol. The Balaban J connectivity index is 0.000000404. The second-order valence-corrected chi connectivity index (χ2v) is 5.93. The highest BCUT2D eigenvalue weighted by Crippen LogP contribution is 2.64. The maximum absolute atomic E-state index is 3.00. The predicted octanol–water partition coefficient (Wildman–Crippen LogP) is 4.81. The summed E-state index contributed by atoms with van der Waals surface area (Å²) < 4.78 is 0. The summed E-state index contributed by atoms with van der Waals surface area (Å²) in [5, 5.41) is 0. The summed E-state index contributed by atoms with van der Waals surface area (Å²) in [5.41, 5.74) is 0.900. The Labute approximate surface area is 95.1 Å². The molecule has 0 radical (unpaired) electrons. The molecule has 86 valence electrons. The molecular formula is C15H26. The van der Waals surface area contributed by atoms with Gasteiger partial charge in [-0.15, -0.1) is 13.2 Å². The van der Waals surface area contributed by atoms with Gasteiger partial charge in [-0.05, 0) is 55.3 Å². The molecule has 15 heavy (non-hydrogen) atoms. The van der Waals surface area contributed by atoms with Crippen molar-refractivity contribution in [3.63, 3.8) is 0 Å². The highest BCUT2D eigenvalue weighted by molar-refractivity contribution is 5.04. The van der Waals surface area contributed by atoms with Crippen LogP contribution in [0, 0.1) is 23.2 Å². The van der Waals surface area contributed by atoms with Crippen molar-refractivity contribution in [3.05, 3.63) is 13.2 Å². The second kappa shape index (κ2) is 4.31. The summed E-state index contributed by atoms with van der Waals surface area (Å²) in [5.74, 6) is 3.34. The van der Waals surface area contributed by atoms with E-state index in [0.717, 1.165) is 23.2 Å². The molecule has 0 heteroatoms. The van der Waals surface area contributed by atoms with Crippen LogP contribution in [0.2, 0.25) is 0 Å². The number of fused-ring (bicyclic) bond motifs is 2. The van der Waals surface area contributed by atoms with Crippen molar-refractivity contribution >= 4 is 0 Å². The molecule has 0 saturated heterocycles. The maximum atomic E-state index is 3.00. The number of hydrogen-bond donors (Lipinski definition) is 0. The smallest absolute Gasteiger partial charge is 0.0266 e. The van der Waals surface area contributed by atoms with Gasteiger partial charge in [0, 0.05) is 0 Å². The Bertz CT molecular complexity index is 214. The Kier molecular flexibility index (Phi) is 3.23. The average Bonchev–Trinajstić information content (AvgIpc) is 3.04. The van der Waals surface area contributed by atoms with E-state index in [4.69, 9.17) is 0 Å². The van der Waals surface area contributed by atoms with Gasteiger partial charge in [-0.2, -0.15) is 0 Å². The molecule has 3 aliphatic carbocycles. The van der Waals surface area contributed by atoms with Crippen molar-refractivity contribution in [1.82, 2.24) is 0 Å². The number of hydrogen-bond acceptors (Lipinski definition) is 0. The SMILES string of the molecule is C=C.CC1CCCC2C1CCCC21CC1. The van der Waals surface area contributed by atoms with Crippen molar-refractivity contribution < 1.29 is 0 Å². The van der Waals surface area contributed by atoms with Crippen molar-refractivity contribution in [2.45, 2.75) is 58.3 Å². The molecule has 0 aromatic rings. The van der Waals surface area contributed by atoms with Crippen LogP contribution in [0.4, 0.5) is 0 Å². The van der Waals surface area contributed by atoms with Gasteiger partial charge in [0.05, 0.1) is 0 Å². The monoisotopic (exact) mass is 206 g/mol. The van der Waals surface area contributed by atoms with Gasteiger partial charge >= 0.3 is 0 Å². The van der Waals surface area contributed by atoms with Crippen LogP contribution in [0.3, 0.4) is 0 Å². The Morgan fingerprint density at radius 2 is 1.67 bits per heavy atom. The lowest BCUT2D eigenvalue weighted by molar-refractivity contribution is 0.0478. The van der Waals surface area contributed by atoms with Gasteiger partial charge in [-0.1, -0.05) is 26.2 Å². The Hall–Kier alpha value is -0.260. The molecule has 3 atom stereocenters. The Morgan fingerprint density at radius 1 is 0.933 bits per heavy atom. The summed E-state index contributed by atoms with van der Waals surface area (Å²) in [6, 6.07) is 0. The summed E-state index contributed by atoms with van der Waals surface area (Å²) in [4.78, 5) is 0. The highest BCUT2D eigenvalue weighted by atomic mass is 14.6. The highest BCUT2D eigenvalue weighted by Gasteiger charge is 2.54. The molecule has 3 unspecified atom stereocenters. The largest absolute Gasteiger partial charge is 0.106 e. The third-order valence-electron chi connectivity index (χ3n) is 5.31.